The van der Waals surface area contributed by atoms with Crippen molar-refractivity contribution in [1.29, 1.82) is 0 Å². The van der Waals surface area contributed by atoms with E-state index in [-0.39, 0.29) is 18.1 Å². The van der Waals surface area contributed by atoms with Gasteiger partial charge in [-0.05, 0) is 12.1 Å². The van der Waals surface area contributed by atoms with Crippen LogP contribution in [0.25, 0.3) is 6.08 Å². The summed E-state index contributed by atoms with van der Waals surface area (Å²) in [6, 6.07) is 1.69. The number of rotatable bonds is 5. The van der Waals surface area contributed by atoms with Gasteiger partial charge in [0.15, 0.2) is 0 Å². The molecule has 2 rings (SSSR count). The van der Waals surface area contributed by atoms with Gasteiger partial charge in [0.1, 0.15) is 12.2 Å². The minimum Gasteiger partial charge on any atom is -0.478 e. The predicted octanol–water partition coefficient (Wildman–Crippen LogP) is 1.33. The minimum absolute atomic E-state index is 0.0946. The third kappa shape index (κ3) is 3.69. The lowest BCUT2D eigenvalue weighted by Crippen LogP contribution is -2.29. The van der Waals surface area contributed by atoms with Crippen molar-refractivity contribution >= 4 is 29.3 Å². The van der Waals surface area contributed by atoms with Crippen LogP contribution in [0.3, 0.4) is 0 Å². The van der Waals surface area contributed by atoms with E-state index in [2.05, 4.69) is 0 Å². The van der Waals surface area contributed by atoms with Crippen LogP contribution in [-0.4, -0.2) is 61.4 Å². The van der Waals surface area contributed by atoms with Gasteiger partial charge < -0.3 is 19.5 Å². The van der Waals surface area contributed by atoms with Gasteiger partial charge in [0.05, 0.1) is 5.56 Å². The Morgan fingerprint density at radius 1 is 1.33 bits per heavy atom. The standard InChI is InChI=1S/C14H17NO5S/c1-19-11-6-15(7-12(11)20-2)14(18)9-5-10(21-8-9)3-4-13(16)17/h3-5,8,11-12H,6-7H2,1-2H3,(H,16,17)/b4-3+. The largest absolute Gasteiger partial charge is 0.478 e. The van der Waals surface area contributed by atoms with Crippen molar-refractivity contribution in [2.45, 2.75) is 12.2 Å². The molecule has 2 atom stereocenters. The topological polar surface area (TPSA) is 76.1 Å². The molecule has 0 spiro atoms. The Morgan fingerprint density at radius 2 is 1.95 bits per heavy atom. The van der Waals surface area contributed by atoms with E-state index >= 15 is 0 Å². The van der Waals surface area contributed by atoms with Crippen LogP contribution in [-0.2, 0) is 14.3 Å². The summed E-state index contributed by atoms with van der Waals surface area (Å²) in [5.41, 5.74) is 0.552. The van der Waals surface area contributed by atoms with Crippen molar-refractivity contribution in [3.63, 3.8) is 0 Å². The monoisotopic (exact) mass is 311 g/mol. The smallest absolute Gasteiger partial charge is 0.328 e. The van der Waals surface area contributed by atoms with Crippen LogP contribution >= 0.6 is 11.3 Å². The van der Waals surface area contributed by atoms with Gasteiger partial charge in [-0.25, -0.2) is 4.79 Å². The second kappa shape index (κ2) is 6.84. The number of carbonyl (C=O) groups is 2. The number of likely N-dealkylation sites (tertiary alicyclic amines) is 1. The molecule has 1 aliphatic rings. The number of carboxylic acids is 1. The molecule has 0 bridgehead atoms. The van der Waals surface area contributed by atoms with Crippen LogP contribution in [0.4, 0.5) is 0 Å². The zero-order valence-corrected chi connectivity index (χ0v) is 12.6. The van der Waals surface area contributed by atoms with Gasteiger partial charge >= 0.3 is 5.97 Å². The molecule has 7 heteroatoms. The number of carbonyl (C=O) groups excluding carboxylic acids is 1. The molecule has 1 N–H and O–H groups in total. The molecule has 21 heavy (non-hydrogen) atoms. The quantitative estimate of drug-likeness (QED) is 0.830. The summed E-state index contributed by atoms with van der Waals surface area (Å²) in [5.74, 6) is -1.11. The summed E-state index contributed by atoms with van der Waals surface area (Å²) in [6.45, 7) is 0.980. The minimum atomic E-state index is -1.01. The van der Waals surface area contributed by atoms with Gasteiger partial charge in [0.25, 0.3) is 5.91 Å². The maximum atomic E-state index is 12.4. The van der Waals surface area contributed by atoms with Gasteiger partial charge in [-0.1, -0.05) is 0 Å². The molecule has 1 saturated heterocycles. The van der Waals surface area contributed by atoms with E-state index in [0.29, 0.717) is 18.7 Å². The van der Waals surface area contributed by atoms with Crippen LogP contribution < -0.4 is 0 Å². The summed E-state index contributed by atoms with van der Waals surface area (Å²) in [7, 11) is 3.20. The summed E-state index contributed by atoms with van der Waals surface area (Å²) in [6.07, 6.45) is 2.29. The highest BCUT2D eigenvalue weighted by molar-refractivity contribution is 7.11. The third-order valence-corrected chi connectivity index (χ3v) is 4.26. The molecule has 1 amide bonds. The van der Waals surface area contributed by atoms with Crippen molar-refractivity contribution in [2.24, 2.45) is 0 Å². The number of hydrogen-bond acceptors (Lipinski definition) is 5. The average molecular weight is 311 g/mol. The van der Waals surface area contributed by atoms with Crippen LogP contribution in [0.5, 0.6) is 0 Å². The number of amides is 1. The molecule has 0 aromatic carbocycles. The number of thiophene rings is 1. The molecule has 2 heterocycles. The summed E-state index contributed by atoms with van der Waals surface area (Å²) >= 11 is 1.33. The van der Waals surface area contributed by atoms with E-state index < -0.39 is 5.97 Å². The fourth-order valence-electron chi connectivity index (χ4n) is 2.25. The number of methoxy groups -OCH3 is 2. The Hall–Kier alpha value is -1.70. The molecule has 1 aromatic heterocycles. The first-order valence-electron chi connectivity index (χ1n) is 6.39. The van der Waals surface area contributed by atoms with Gasteiger partial charge in [-0.15, -0.1) is 11.3 Å². The zero-order valence-electron chi connectivity index (χ0n) is 11.8. The molecule has 0 aliphatic carbocycles. The van der Waals surface area contributed by atoms with E-state index in [4.69, 9.17) is 14.6 Å². The lowest BCUT2D eigenvalue weighted by atomic mass is 10.2. The molecule has 1 aliphatic heterocycles. The first-order chi connectivity index (χ1) is 10.0. The maximum Gasteiger partial charge on any atom is 0.328 e. The Balaban J connectivity index is 2.06. The van der Waals surface area contributed by atoms with Crippen LogP contribution in [0.2, 0.25) is 0 Å². The van der Waals surface area contributed by atoms with Crippen LogP contribution in [0.15, 0.2) is 17.5 Å². The predicted molar refractivity (Wildman–Crippen MR) is 78.5 cm³/mol. The molecule has 2 unspecified atom stereocenters. The van der Waals surface area contributed by atoms with Crippen molar-refractivity contribution in [1.82, 2.24) is 4.90 Å². The molecule has 114 valence electrons. The van der Waals surface area contributed by atoms with E-state index in [1.165, 1.54) is 17.4 Å². The first-order valence-corrected chi connectivity index (χ1v) is 7.27. The van der Waals surface area contributed by atoms with Crippen molar-refractivity contribution in [3.8, 4) is 0 Å². The molecule has 0 saturated carbocycles. The summed E-state index contributed by atoms with van der Waals surface area (Å²) < 4.78 is 10.6. The molecule has 1 fully saturated rings. The SMILES string of the molecule is COC1CN(C(=O)c2csc(/C=C/C(=O)O)c2)CC1OC. The second-order valence-corrected chi connectivity index (χ2v) is 5.61. The highest BCUT2D eigenvalue weighted by atomic mass is 32.1. The molecular weight excluding hydrogens is 294 g/mol. The van der Waals surface area contributed by atoms with E-state index in [1.807, 2.05) is 0 Å². The molecule has 0 radical (unpaired) electrons. The first kappa shape index (κ1) is 15.7. The highest BCUT2D eigenvalue weighted by Crippen LogP contribution is 2.22. The zero-order chi connectivity index (χ0) is 15.4. The number of aliphatic carboxylic acids is 1. The highest BCUT2D eigenvalue weighted by Gasteiger charge is 2.35. The summed E-state index contributed by atoms with van der Waals surface area (Å²) in [4.78, 5) is 25.3. The second-order valence-electron chi connectivity index (χ2n) is 4.67. The van der Waals surface area contributed by atoms with Crippen LogP contribution in [0, 0.1) is 0 Å². The maximum absolute atomic E-state index is 12.4. The van der Waals surface area contributed by atoms with Crippen molar-refractivity contribution in [3.05, 3.63) is 28.0 Å². The molecule has 6 nitrogen and oxygen atoms in total. The van der Waals surface area contributed by atoms with Crippen molar-refractivity contribution < 1.29 is 24.2 Å². The summed E-state index contributed by atoms with van der Waals surface area (Å²) in [5, 5.41) is 10.3. The fourth-order valence-corrected chi connectivity index (χ4v) is 3.02. The molecular formula is C14H17NO5S. The Labute approximate surface area is 126 Å². The van der Waals surface area contributed by atoms with Gasteiger partial charge in [0.2, 0.25) is 0 Å². The fraction of sp³-hybridized carbons (Fsp3) is 0.429. The van der Waals surface area contributed by atoms with Gasteiger partial charge in [-0.3, -0.25) is 4.79 Å². The Bertz CT molecular complexity index is 541. The van der Waals surface area contributed by atoms with E-state index in [9.17, 15) is 9.59 Å². The number of nitrogens with zero attached hydrogens (tertiary/aromatic N) is 1. The Kier molecular flexibility index (Phi) is 5.11. The van der Waals surface area contributed by atoms with Gasteiger partial charge in [0, 0.05) is 43.6 Å². The number of hydrogen-bond donors (Lipinski definition) is 1. The third-order valence-electron chi connectivity index (χ3n) is 3.36. The lowest BCUT2D eigenvalue weighted by Gasteiger charge is -2.14. The number of carboxylic acid groups (broad SMARTS) is 1. The molecule has 1 aromatic rings. The van der Waals surface area contributed by atoms with Gasteiger partial charge in [-0.2, -0.15) is 0 Å². The Morgan fingerprint density at radius 3 is 2.48 bits per heavy atom. The van der Waals surface area contributed by atoms with E-state index in [0.717, 1.165) is 11.0 Å². The average Bonchev–Trinajstić information content (AvgIpc) is 3.10. The lowest BCUT2D eigenvalue weighted by molar-refractivity contribution is -0.131. The normalized spacial score (nSPS) is 22.1. The van der Waals surface area contributed by atoms with Crippen molar-refractivity contribution in [2.75, 3.05) is 27.3 Å². The number of ether oxygens (including phenoxy) is 2. The van der Waals surface area contributed by atoms with Crippen LogP contribution in [0.1, 0.15) is 15.2 Å². The van der Waals surface area contributed by atoms with E-state index in [1.54, 1.807) is 30.6 Å².